The number of nitrogens with zero attached hydrogens (tertiary/aromatic N) is 1. The summed E-state index contributed by atoms with van der Waals surface area (Å²) >= 11 is 1.63. The molecule has 1 saturated carbocycles. The molecule has 0 spiro atoms. The summed E-state index contributed by atoms with van der Waals surface area (Å²) in [6.07, 6.45) is 4.03. The second-order valence-electron chi connectivity index (χ2n) is 5.22. The van der Waals surface area contributed by atoms with Gasteiger partial charge in [-0.25, -0.2) is 0 Å². The first-order valence-corrected chi connectivity index (χ1v) is 8.15. The van der Waals surface area contributed by atoms with Crippen LogP contribution < -0.4 is 10.1 Å². The average molecular weight is 304 g/mol. The summed E-state index contributed by atoms with van der Waals surface area (Å²) in [7, 11) is 1.64. The highest BCUT2D eigenvalue weighted by Crippen LogP contribution is 2.29. The van der Waals surface area contributed by atoms with Crippen molar-refractivity contribution in [1.82, 2.24) is 5.32 Å². The van der Waals surface area contributed by atoms with Gasteiger partial charge in [-0.15, -0.1) is 11.8 Å². The number of carbonyl (C=O) groups is 1. The van der Waals surface area contributed by atoms with Gasteiger partial charge in [-0.1, -0.05) is 0 Å². The molecule has 1 aromatic rings. The minimum absolute atomic E-state index is 0.0283. The molecule has 0 radical (unpaired) electrons. The Morgan fingerprint density at radius 1 is 1.38 bits per heavy atom. The van der Waals surface area contributed by atoms with Gasteiger partial charge in [0.1, 0.15) is 11.3 Å². The Labute approximate surface area is 129 Å². The summed E-state index contributed by atoms with van der Waals surface area (Å²) < 4.78 is 5.11. The first kappa shape index (κ1) is 15.7. The molecule has 0 aromatic heterocycles. The number of rotatable bonds is 6. The molecule has 4 nitrogen and oxygen atoms in total. The van der Waals surface area contributed by atoms with Gasteiger partial charge in [-0.2, -0.15) is 5.26 Å². The number of hydrogen-bond donors (Lipinski definition) is 1. The van der Waals surface area contributed by atoms with Gasteiger partial charge in [0.25, 0.3) is 0 Å². The molecular formula is C16H20N2O2S. The van der Waals surface area contributed by atoms with Crippen molar-refractivity contribution in [1.29, 1.82) is 5.26 Å². The SMILES string of the molecule is COc1ccc(SCCC(=O)NC2(C#N)CCCC2)cc1. The van der Waals surface area contributed by atoms with E-state index in [0.717, 1.165) is 36.3 Å². The third-order valence-corrected chi connectivity index (χ3v) is 4.72. The zero-order valence-electron chi connectivity index (χ0n) is 12.2. The Hall–Kier alpha value is -1.67. The molecule has 0 aliphatic heterocycles. The molecule has 112 valence electrons. The van der Waals surface area contributed by atoms with Crippen LogP contribution in [-0.2, 0) is 4.79 Å². The molecule has 1 aliphatic rings. The number of nitrogens with one attached hydrogen (secondary N) is 1. The fraction of sp³-hybridized carbons (Fsp3) is 0.500. The van der Waals surface area contributed by atoms with Crippen LogP contribution in [0.25, 0.3) is 0 Å². The zero-order chi connectivity index (χ0) is 15.1. The number of carbonyl (C=O) groups excluding carboxylic acids is 1. The summed E-state index contributed by atoms with van der Waals surface area (Å²) in [5.74, 6) is 1.51. The van der Waals surface area contributed by atoms with Crippen LogP contribution in [-0.4, -0.2) is 24.3 Å². The second-order valence-corrected chi connectivity index (χ2v) is 6.39. The Balaban J connectivity index is 1.75. The van der Waals surface area contributed by atoms with Crippen molar-refractivity contribution in [2.75, 3.05) is 12.9 Å². The van der Waals surface area contributed by atoms with Crippen molar-refractivity contribution in [3.05, 3.63) is 24.3 Å². The molecule has 0 saturated heterocycles. The molecule has 1 aromatic carbocycles. The van der Waals surface area contributed by atoms with E-state index < -0.39 is 5.54 Å². The third-order valence-electron chi connectivity index (χ3n) is 3.71. The number of methoxy groups -OCH3 is 1. The van der Waals surface area contributed by atoms with Gasteiger partial charge in [-0.3, -0.25) is 4.79 Å². The lowest BCUT2D eigenvalue weighted by molar-refractivity contribution is -0.122. The summed E-state index contributed by atoms with van der Waals surface area (Å²) in [6, 6.07) is 10.1. The van der Waals surface area contributed by atoms with Crippen molar-refractivity contribution in [2.24, 2.45) is 0 Å². The number of hydrogen-bond acceptors (Lipinski definition) is 4. The first-order chi connectivity index (χ1) is 10.2. The third kappa shape index (κ3) is 4.40. The average Bonchev–Trinajstić information content (AvgIpc) is 2.97. The molecule has 0 atom stereocenters. The van der Waals surface area contributed by atoms with E-state index in [4.69, 9.17) is 4.74 Å². The smallest absolute Gasteiger partial charge is 0.222 e. The van der Waals surface area contributed by atoms with E-state index >= 15 is 0 Å². The molecular weight excluding hydrogens is 284 g/mol. The fourth-order valence-electron chi connectivity index (χ4n) is 2.51. The Bertz CT molecular complexity index is 516. The van der Waals surface area contributed by atoms with Gasteiger partial charge >= 0.3 is 0 Å². The summed E-state index contributed by atoms with van der Waals surface area (Å²) in [5, 5.41) is 12.1. The van der Waals surface area contributed by atoms with E-state index in [1.165, 1.54) is 0 Å². The van der Waals surface area contributed by atoms with Crippen molar-refractivity contribution in [3.8, 4) is 11.8 Å². The van der Waals surface area contributed by atoms with E-state index in [9.17, 15) is 10.1 Å². The van der Waals surface area contributed by atoms with Crippen LogP contribution in [0.2, 0.25) is 0 Å². The lowest BCUT2D eigenvalue weighted by Crippen LogP contribution is -2.45. The highest BCUT2D eigenvalue weighted by molar-refractivity contribution is 7.99. The molecule has 21 heavy (non-hydrogen) atoms. The van der Waals surface area contributed by atoms with E-state index in [0.29, 0.717) is 12.2 Å². The predicted molar refractivity (Wildman–Crippen MR) is 83.3 cm³/mol. The molecule has 1 N–H and O–H groups in total. The van der Waals surface area contributed by atoms with Crippen LogP contribution in [0, 0.1) is 11.3 Å². The number of thioether (sulfide) groups is 1. The van der Waals surface area contributed by atoms with Crippen LogP contribution in [0.3, 0.4) is 0 Å². The number of ether oxygens (including phenoxy) is 1. The maximum Gasteiger partial charge on any atom is 0.222 e. The predicted octanol–water partition coefficient (Wildman–Crippen LogP) is 3.13. The lowest BCUT2D eigenvalue weighted by atomic mass is 10.00. The zero-order valence-corrected chi connectivity index (χ0v) is 13.0. The summed E-state index contributed by atoms with van der Waals surface area (Å²) in [6.45, 7) is 0. The standard InChI is InChI=1S/C16H20N2O2S/c1-20-13-4-6-14(7-5-13)21-11-8-15(19)18-16(12-17)9-2-3-10-16/h4-7H,2-3,8-11H2,1H3,(H,18,19). The highest BCUT2D eigenvalue weighted by atomic mass is 32.2. The summed E-state index contributed by atoms with van der Waals surface area (Å²) in [4.78, 5) is 13.1. The molecule has 1 amide bonds. The van der Waals surface area contributed by atoms with Gasteiger partial charge in [0.2, 0.25) is 5.91 Å². The van der Waals surface area contributed by atoms with E-state index in [-0.39, 0.29) is 5.91 Å². The van der Waals surface area contributed by atoms with Crippen LogP contribution in [0.4, 0.5) is 0 Å². The van der Waals surface area contributed by atoms with Crippen molar-refractivity contribution in [2.45, 2.75) is 42.5 Å². The normalized spacial score (nSPS) is 16.2. The van der Waals surface area contributed by atoms with Gasteiger partial charge in [0.15, 0.2) is 0 Å². The molecule has 2 rings (SSSR count). The minimum atomic E-state index is -0.609. The fourth-order valence-corrected chi connectivity index (χ4v) is 3.36. The van der Waals surface area contributed by atoms with Crippen molar-refractivity contribution >= 4 is 17.7 Å². The Kier molecular flexibility index (Phi) is 5.51. The Morgan fingerprint density at radius 2 is 2.05 bits per heavy atom. The van der Waals surface area contributed by atoms with E-state index in [2.05, 4.69) is 11.4 Å². The van der Waals surface area contributed by atoms with Crippen LogP contribution in [0.15, 0.2) is 29.2 Å². The van der Waals surface area contributed by atoms with Crippen molar-refractivity contribution < 1.29 is 9.53 Å². The van der Waals surface area contributed by atoms with Crippen molar-refractivity contribution in [3.63, 3.8) is 0 Å². The number of amides is 1. The molecule has 5 heteroatoms. The van der Waals surface area contributed by atoms with Crippen LogP contribution in [0.1, 0.15) is 32.1 Å². The second kappa shape index (κ2) is 7.37. The molecule has 1 fully saturated rings. The number of benzene rings is 1. The molecule has 0 heterocycles. The Morgan fingerprint density at radius 3 is 2.62 bits per heavy atom. The first-order valence-electron chi connectivity index (χ1n) is 7.16. The van der Waals surface area contributed by atoms with E-state index in [1.807, 2.05) is 24.3 Å². The maximum atomic E-state index is 12.0. The lowest BCUT2D eigenvalue weighted by Gasteiger charge is -2.21. The quantitative estimate of drug-likeness (QED) is 0.820. The van der Waals surface area contributed by atoms with Crippen LogP contribution in [0.5, 0.6) is 5.75 Å². The monoisotopic (exact) mass is 304 g/mol. The van der Waals surface area contributed by atoms with Gasteiger partial charge in [0, 0.05) is 17.1 Å². The van der Waals surface area contributed by atoms with Gasteiger partial charge in [0.05, 0.1) is 13.2 Å². The van der Waals surface area contributed by atoms with E-state index in [1.54, 1.807) is 18.9 Å². The largest absolute Gasteiger partial charge is 0.497 e. The van der Waals surface area contributed by atoms with Crippen LogP contribution >= 0.6 is 11.8 Å². The summed E-state index contributed by atoms with van der Waals surface area (Å²) in [5.41, 5.74) is -0.609. The van der Waals surface area contributed by atoms with Gasteiger partial charge in [-0.05, 0) is 49.9 Å². The minimum Gasteiger partial charge on any atom is -0.497 e. The molecule has 0 unspecified atom stereocenters. The maximum absolute atomic E-state index is 12.0. The number of nitriles is 1. The van der Waals surface area contributed by atoms with Gasteiger partial charge < -0.3 is 10.1 Å². The highest BCUT2D eigenvalue weighted by Gasteiger charge is 2.35. The molecule has 1 aliphatic carbocycles. The topological polar surface area (TPSA) is 62.1 Å². The molecule has 0 bridgehead atoms.